The molecule has 0 spiro atoms. The molecule has 0 saturated heterocycles. The second-order valence-electron chi connectivity index (χ2n) is 4.40. The lowest BCUT2D eigenvalue weighted by Crippen LogP contribution is -2.37. The summed E-state index contributed by atoms with van der Waals surface area (Å²) in [6, 6.07) is 3.70. The van der Waals surface area contributed by atoms with Gasteiger partial charge in [-0.2, -0.15) is 0 Å². The Balaban J connectivity index is 2.42. The van der Waals surface area contributed by atoms with E-state index < -0.39 is 6.10 Å². The summed E-state index contributed by atoms with van der Waals surface area (Å²) < 4.78 is 10.7. The summed E-state index contributed by atoms with van der Waals surface area (Å²) >= 11 is 0. The number of aliphatic hydroxyl groups is 1. The van der Waals surface area contributed by atoms with E-state index in [9.17, 15) is 5.11 Å². The molecule has 1 aromatic rings. The molecule has 0 amide bonds. The average Bonchev–Trinajstić information content (AvgIpc) is 2.37. The lowest BCUT2D eigenvalue weighted by atomic mass is 9.95. The molecule has 18 heavy (non-hydrogen) atoms. The fraction of sp³-hybridized carbons (Fsp3) is 0.538. The highest BCUT2D eigenvalue weighted by atomic mass is 16.5. The van der Waals surface area contributed by atoms with Crippen molar-refractivity contribution < 1.29 is 14.6 Å². The molecule has 1 unspecified atom stereocenters. The third kappa shape index (κ3) is 2.29. The van der Waals surface area contributed by atoms with Crippen molar-refractivity contribution >= 4 is 0 Å². The van der Waals surface area contributed by atoms with Gasteiger partial charge in [-0.1, -0.05) is 0 Å². The van der Waals surface area contributed by atoms with Gasteiger partial charge in [-0.15, -0.1) is 0 Å². The number of nitrogens with two attached hydrogens (primary N) is 1. The molecular formula is C13H20N2O3. The van der Waals surface area contributed by atoms with Crippen molar-refractivity contribution in [2.24, 2.45) is 5.73 Å². The first-order valence-corrected chi connectivity index (χ1v) is 6.05. The standard InChI is InChI=1S/C13H20N2O3/c1-17-11-3-4-12(18-2)13-9(11)7-15(6-5-14)8-10(13)16/h3-4,10,16H,5-8,14H2,1-2H3. The van der Waals surface area contributed by atoms with Gasteiger partial charge in [0.2, 0.25) is 0 Å². The Morgan fingerprint density at radius 2 is 2.00 bits per heavy atom. The van der Waals surface area contributed by atoms with Gasteiger partial charge in [0.1, 0.15) is 11.5 Å². The fourth-order valence-corrected chi connectivity index (χ4v) is 2.50. The Hall–Kier alpha value is -1.30. The van der Waals surface area contributed by atoms with Crippen molar-refractivity contribution in [3.05, 3.63) is 23.3 Å². The van der Waals surface area contributed by atoms with Gasteiger partial charge in [0.25, 0.3) is 0 Å². The molecule has 1 aliphatic heterocycles. The van der Waals surface area contributed by atoms with Crippen molar-refractivity contribution in [2.75, 3.05) is 33.9 Å². The Kier molecular flexibility index (Phi) is 4.06. The second kappa shape index (κ2) is 5.56. The van der Waals surface area contributed by atoms with Gasteiger partial charge in [0.05, 0.1) is 20.3 Å². The van der Waals surface area contributed by atoms with Gasteiger partial charge in [-0.25, -0.2) is 0 Å². The number of benzene rings is 1. The maximum Gasteiger partial charge on any atom is 0.125 e. The van der Waals surface area contributed by atoms with Gasteiger partial charge in [-0.3, -0.25) is 4.90 Å². The predicted octanol–water partition coefficient (Wildman–Crippen LogP) is 0.512. The summed E-state index contributed by atoms with van der Waals surface area (Å²) in [5.74, 6) is 1.50. The van der Waals surface area contributed by atoms with E-state index in [2.05, 4.69) is 4.90 Å². The zero-order chi connectivity index (χ0) is 13.1. The van der Waals surface area contributed by atoms with Crippen LogP contribution in [0.2, 0.25) is 0 Å². The molecule has 0 radical (unpaired) electrons. The SMILES string of the molecule is COc1ccc(OC)c2c1CN(CCN)CC2O. The summed E-state index contributed by atoms with van der Waals surface area (Å²) in [6.45, 7) is 2.64. The predicted molar refractivity (Wildman–Crippen MR) is 68.8 cm³/mol. The summed E-state index contributed by atoms with van der Waals surface area (Å²) in [6.07, 6.45) is -0.564. The minimum absolute atomic E-state index is 0.564. The van der Waals surface area contributed by atoms with Gasteiger partial charge < -0.3 is 20.3 Å². The van der Waals surface area contributed by atoms with E-state index >= 15 is 0 Å². The van der Waals surface area contributed by atoms with Gasteiger partial charge >= 0.3 is 0 Å². The van der Waals surface area contributed by atoms with Gasteiger partial charge in [0, 0.05) is 37.3 Å². The molecule has 0 aliphatic carbocycles. The molecule has 0 saturated carbocycles. The van der Waals surface area contributed by atoms with E-state index in [4.69, 9.17) is 15.2 Å². The highest BCUT2D eigenvalue weighted by Gasteiger charge is 2.29. The molecule has 1 aromatic carbocycles. The second-order valence-corrected chi connectivity index (χ2v) is 4.40. The number of fused-ring (bicyclic) bond motifs is 1. The number of nitrogens with zero attached hydrogens (tertiary/aromatic N) is 1. The van der Waals surface area contributed by atoms with Crippen molar-refractivity contribution in [3.63, 3.8) is 0 Å². The largest absolute Gasteiger partial charge is 0.496 e. The number of methoxy groups -OCH3 is 2. The van der Waals surface area contributed by atoms with Crippen molar-refractivity contribution in [2.45, 2.75) is 12.6 Å². The highest BCUT2D eigenvalue weighted by Crippen LogP contribution is 2.39. The van der Waals surface area contributed by atoms with E-state index in [-0.39, 0.29) is 0 Å². The molecular weight excluding hydrogens is 232 g/mol. The number of hydrogen-bond donors (Lipinski definition) is 2. The van der Waals surface area contributed by atoms with Crippen LogP contribution in [0.5, 0.6) is 11.5 Å². The Morgan fingerprint density at radius 1 is 1.33 bits per heavy atom. The van der Waals surface area contributed by atoms with Crippen LogP contribution >= 0.6 is 0 Å². The van der Waals surface area contributed by atoms with E-state index in [1.54, 1.807) is 14.2 Å². The Morgan fingerprint density at radius 3 is 2.61 bits per heavy atom. The van der Waals surface area contributed by atoms with Crippen molar-refractivity contribution in [1.82, 2.24) is 4.90 Å². The van der Waals surface area contributed by atoms with Gasteiger partial charge in [0.15, 0.2) is 0 Å². The molecule has 2 rings (SSSR count). The monoisotopic (exact) mass is 252 g/mol. The summed E-state index contributed by atoms with van der Waals surface area (Å²) in [5, 5.41) is 10.3. The van der Waals surface area contributed by atoms with Crippen LogP contribution in [0.4, 0.5) is 0 Å². The number of ether oxygens (including phenoxy) is 2. The van der Waals surface area contributed by atoms with E-state index in [1.807, 2.05) is 12.1 Å². The lowest BCUT2D eigenvalue weighted by molar-refractivity contribution is 0.0903. The molecule has 0 fully saturated rings. The molecule has 100 valence electrons. The molecule has 5 nitrogen and oxygen atoms in total. The minimum Gasteiger partial charge on any atom is -0.496 e. The smallest absolute Gasteiger partial charge is 0.125 e. The normalized spacial score (nSPS) is 19.4. The summed E-state index contributed by atoms with van der Waals surface area (Å²) in [5.41, 5.74) is 7.40. The number of aliphatic hydroxyl groups excluding tert-OH is 1. The summed E-state index contributed by atoms with van der Waals surface area (Å²) in [7, 11) is 3.25. The fourth-order valence-electron chi connectivity index (χ4n) is 2.50. The highest BCUT2D eigenvalue weighted by molar-refractivity contribution is 5.51. The Bertz CT molecular complexity index is 423. The van der Waals surface area contributed by atoms with Crippen molar-refractivity contribution in [1.29, 1.82) is 0 Å². The molecule has 3 N–H and O–H groups in total. The lowest BCUT2D eigenvalue weighted by Gasteiger charge is -2.33. The van der Waals surface area contributed by atoms with Gasteiger partial charge in [-0.05, 0) is 12.1 Å². The molecule has 0 aromatic heterocycles. The number of hydrogen-bond acceptors (Lipinski definition) is 5. The van der Waals surface area contributed by atoms with Crippen LogP contribution in [-0.4, -0.2) is 43.9 Å². The van der Waals surface area contributed by atoms with Crippen LogP contribution < -0.4 is 15.2 Å². The average molecular weight is 252 g/mol. The summed E-state index contributed by atoms with van der Waals surface area (Å²) in [4.78, 5) is 2.12. The molecule has 1 heterocycles. The third-order valence-corrected chi connectivity index (χ3v) is 3.31. The molecule has 1 aliphatic rings. The maximum atomic E-state index is 10.3. The van der Waals surface area contributed by atoms with E-state index in [0.717, 1.165) is 30.0 Å². The van der Waals surface area contributed by atoms with E-state index in [0.29, 0.717) is 18.8 Å². The Labute approximate surface area is 107 Å². The van der Waals surface area contributed by atoms with Crippen LogP contribution in [0.1, 0.15) is 17.2 Å². The first kappa shape index (κ1) is 13.1. The van der Waals surface area contributed by atoms with Crippen LogP contribution in [0.25, 0.3) is 0 Å². The van der Waals surface area contributed by atoms with Crippen LogP contribution in [0.15, 0.2) is 12.1 Å². The quantitative estimate of drug-likeness (QED) is 0.817. The third-order valence-electron chi connectivity index (χ3n) is 3.31. The van der Waals surface area contributed by atoms with Crippen LogP contribution in [-0.2, 0) is 6.54 Å². The number of rotatable bonds is 4. The van der Waals surface area contributed by atoms with Crippen molar-refractivity contribution in [3.8, 4) is 11.5 Å². The molecule has 1 atom stereocenters. The zero-order valence-electron chi connectivity index (χ0n) is 10.8. The maximum absolute atomic E-state index is 10.3. The van der Waals surface area contributed by atoms with E-state index in [1.165, 1.54) is 0 Å². The molecule has 5 heteroatoms. The first-order chi connectivity index (χ1) is 8.71. The zero-order valence-corrected chi connectivity index (χ0v) is 10.8. The van der Waals surface area contributed by atoms with Crippen LogP contribution in [0, 0.1) is 0 Å². The topological polar surface area (TPSA) is 68.0 Å². The first-order valence-electron chi connectivity index (χ1n) is 6.05. The number of β-amino-alcohol motifs (C(OH)–C–C–N with tert-alkyl or cyclic N) is 1. The molecule has 0 bridgehead atoms. The minimum atomic E-state index is -0.564. The van der Waals surface area contributed by atoms with Crippen LogP contribution in [0.3, 0.4) is 0 Å².